The molecule has 0 amide bonds. The number of sulfonamides is 1. The van der Waals surface area contributed by atoms with Gasteiger partial charge in [-0.25, -0.2) is 17.9 Å². The topological polar surface area (TPSA) is 72.5 Å². The molecule has 0 unspecified atom stereocenters. The molecule has 0 aromatic rings. The Bertz CT molecular complexity index is 207. The maximum atomic E-state index is 10.5. The Kier molecular flexibility index (Phi) is 3.31. The summed E-state index contributed by atoms with van der Waals surface area (Å²) >= 11 is 0. The van der Waals surface area contributed by atoms with Crippen molar-refractivity contribution in [2.24, 2.45) is 0 Å². The summed E-state index contributed by atoms with van der Waals surface area (Å²) < 4.78 is 27.0. The summed E-state index contributed by atoms with van der Waals surface area (Å²) in [6.45, 7) is 1.59. The van der Waals surface area contributed by atoms with Crippen molar-refractivity contribution in [3.8, 4) is 0 Å². The molecule has 6 heteroatoms. The van der Waals surface area contributed by atoms with Crippen LogP contribution < -0.4 is 4.72 Å². The molecule has 0 aliphatic carbocycles. The number of rotatable bonds is 2. The molecule has 0 bridgehead atoms. The van der Waals surface area contributed by atoms with Crippen LogP contribution in [0.5, 0.6) is 0 Å². The van der Waals surface area contributed by atoms with E-state index in [2.05, 4.69) is 4.74 Å². The Morgan fingerprint density at radius 3 is 2.40 bits per heavy atom. The standard InChI is InChI=1S/C4H9NO4S/c1-3-9-4(6)10(7,8)5-2/h5H,3H2,1-2H3. The number of hydrogen-bond donors (Lipinski definition) is 1. The van der Waals surface area contributed by atoms with Crippen LogP contribution in [0.2, 0.25) is 0 Å². The lowest BCUT2D eigenvalue weighted by Crippen LogP contribution is -2.28. The lowest BCUT2D eigenvalue weighted by atomic mass is 10.9. The monoisotopic (exact) mass is 167 g/mol. The Balaban J connectivity index is 4.21. The van der Waals surface area contributed by atoms with Gasteiger partial charge in [0.25, 0.3) is 0 Å². The first kappa shape index (κ1) is 9.38. The molecule has 0 heterocycles. The quantitative estimate of drug-likeness (QED) is 0.573. The lowest BCUT2D eigenvalue weighted by Gasteiger charge is -1.99. The van der Waals surface area contributed by atoms with Crippen LogP contribution >= 0.6 is 0 Å². The third-order valence-electron chi connectivity index (χ3n) is 0.750. The van der Waals surface area contributed by atoms with E-state index in [4.69, 9.17) is 0 Å². The average Bonchev–Trinajstić information content (AvgIpc) is 1.89. The van der Waals surface area contributed by atoms with Gasteiger partial charge in [0.2, 0.25) is 0 Å². The highest BCUT2D eigenvalue weighted by Gasteiger charge is 2.20. The van der Waals surface area contributed by atoms with E-state index >= 15 is 0 Å². The van der Waals surface area contributed by atoms with E-state index in [0.29, 0.717) is 0 Å². The lowest BCUT2D eigenvalue weighted by molar-refractivity contribution is 0.178. The molecule has 0 aromatic carbocycles. The van der Waals surface area contributed by atoms with Gasteiger partial charge in [-0.15, -0.1) is 0 Å². The molecule has 0 radical (unpaired) electrons. The van der Waals surface area contributed by atoms with Crippen LogP contribution in [-0.4, -0.2) is 27.4 Å². The minimum absolute atomic E-state index is 0.0553. The van der Waals surface area contributed by atoms with E-state index in [-0.39, 0.29) is 6.61 Å². The summed E-state index contributed by atoms with van der Waals surface area (Å²) in [5.41, 5.74) is 0. The minimum Gasteiger partial charge on any atom is -0.453 e. The highest BCUT2D eigenvalue weighted by atomic mass is 32.2. The third-order valence-corrected chi connectivity index (χ3v) is 1.84. The van der Waals surface area contributed by atoms with Crippen molar-refractivity contribution in [2.75, 3.05) is 13.7 Å². The Morgan fingerprint density at radius 1 is 1.60 bits per heavy atom. The third kappa shape index (κ3) is 2.32. The molecule has 0 saturated carbocycles. The van der Waals surface area contributed by atoms with Crippen molar-refractivity contribution < 1.29 is 17.9 Å². The van der Waals surface area contributed by atoms with E-state index < -0.39 is 15.3 Å². The maximum absolute atomic E-state index is 10.5. The van der Waals surface area contributed by atoms with Gasteiger partial charge in [-0.05, 0) is 14.0 Å². The highest BCUT2D eigenvalue weighted by Crippen LogP contribution is 1.89. The van der Waals surface area contributed by atoms with Crippen LogP contribution in [0, 0.1) is 0 Å². The van der Waals surface area contributed by atoms with Gasteiger partial charge in [-0.1, -0.05) is 0 Å². The second-order valence-electron chi connectivity index (χ2n) is 1.39. The van der Waals surface area contributed by atoms with Crippen molar-refractivity contribution >= 4 is 15.3 Å². The largest absolute Gasteiger partial charge is 0.453 e. The van der Waals surface area contributed by atoms with Gasteiger partial charge in [-0.3, -0.25) is 0 Å². The highest BCUT2D eigenvalue weighted by molar-refractivity contribution is 8.04. The summed E-state index contributed by atoms with van der Waals surface area (Å²) in [6.07, 6.45) is 0. The SMILES string of the molecule is CCOC(=O)S(=O)(=O)NC. The number of nitrogens with one attached hydrogen (secondary N) is 1. The molecular formula is C4H9NO4S. The molecule has 0 aliphatic heterocycles. The smallest absolute Gasteiger partial charge is 0.439 e. The van der Waals surface area contributed by atoms with E-state index in [1.807, 2.05) is 4.72 Å². The van der Waals surface area contributed by atoms with Crippen LogP contribution in [0.3, 0.4) is 0 Å². The van der Waals surface area contributed by atoms with Gasteiger partial charge in [0, 0.05) is 0 Å². The van der Waals surface area contributed by atoms with Gasteiger partial charge >= 0.3 is 15.3 Å². The summed E-state index contributed by atoms with van der Waals surface area (Å²) in [6, 6.07) is 0. The second kappa shape index (κ2) is 3.52. The number of hydrogen-bond acceptors (Lipinski definition) is 4. The van der Waals surface area contributed by atoms with Crippen LogP contribution in [0.4, 0.5) is 4.79 Å². The van der Waals surface area contributed by atoms with Crippen molar-refractivity contribution in [3.05, 3.63) is 0 Å². The fraction of sp³-hybridized carbons (Fsp3) is 0.750. The predicted octanol–water partition coefficient (Wildman–Crippen LogP) is -0.308. The first-order valence-corrected chi connectivity index (χ1v) is 4.13. The fourth-order valence-corrected chi connectivity index (χ4v) is 0.718. The van der Waals surface area contributed by atoms with Gasteiger partial charge in [0.1, 0.15) is 0 Å². The van der Waals surface area contributed by atoms with Gasteiger partial charge in [-0.2, -0.15) is 0 Å². The zero-order valence-corrected chi connectivity index (χ0v) is 6.56. The van der Waals surface area contributed by atoms with Gasteiger partial charge in [0.05, 0.1) is 6.61 Å². The van der Waals surface area contributed by atoms with Crippen LogP contribution in [0.25, 0.3) is 0 Å². The van der Waals surface area contributed by atoms with Gasteiger partial charge in [0.15, 0.2) is 0 Å². The summed E-state index contributed by atoms with van der Waals surface area (Å²) in [5, 5.41) is -1.24. The molecule has 1 N–H and O–H groups in total. The fourth-order valence-electron chi connectivity index (χ4n) is 0.279. The Hall–Kier alpha value is -0.620. The van der Waals surface area contributed by atoms with Crippen molar-refractivity contribution in [2.45, 2.75) is 6.92 Å². The molecule has 5 nitrogen and oxygen atoms in total. The number of carbonyl (C=O) groups excluding carboxylic acids is 1. The molecular weight excluding hydrogens is 158 g/mol. The predicted molar refractivity (Wildman–Crippen MR) is 35.0 cm³/mol. The Morgan fingerprint density at radius 2 is 2.10 bits per heavy atom. The van der Waals surface area contributed by atoms with Crippen LogP contribution in [-0.2, 0) is 14.8 Å². The van der Waals surface area contributed by atoms with E-state index in [1.54, 1.807) is 0 Å². The number of carbonyl (C=O) groups is 1. The average molecular weight is 167 g/mol. The summed E-state index contributed by atoms with van der Waals surface area (Å²) in [5.74, 6) is 0. The zero-order chi connectivity index (χ0) is 8.20. The molecule has 0 fully saturated rings. The first-order valence-electron chi connectivity index (χ1n) is 2.65. The van der Waals surface area contributed by atoms with Crippen molar-refractivity contribution in [3.63, 3.8) is 0 Å². The molecule has 0 spiro atoms. The molecule has 0 aromatic heterocycles. The van der Waals surface area contributed by atoms with E-state index in [9.17, 15) is 13.2 Å². The van der Waals surface area contributed by atoms with E-state index in [0.717, 1.165) is 7.05 Å². The number of ether oxygens (including phenoxy) is 1. The normalized spacial score (nSPS) is 11.0. The van der Waals surface area contributed by atoms with Gasteiger partial charge < -0.3 is 4.74 Å². The van der Waals surface area contributed by atoms with Crippen molar-refractivity contribution in [1.29, 1.82) is 0 Å². The molecule has 10 heavy (non-hydrogen) atoms. The summed E-state index contributed by atoms with van der Waals surface area (Å²) in [4.78, 5) is 10.4. The molecule has 0 rings (SSSR count). The van der Waals surface area contributed by atoms with Crippen LogP contribution in [0.15, 0.2) is 0 Å². The maximum Gasteiger partial charge on any atom is 0.439 e. The molecule has 0 atom stereocenters. The van der Waals surface area contributed by atoms with Crippen molar-refractivity contribution in [1.82, 2.24) is 4.72 Å². The molecule has 60 valence electrons. The molecule has 0 saturated heterocycles. The van der Waals surface area contributed by atoms with E-state index in [1.165, 1.54) is 6.92 Å². The van der Waals surface area contributed by atoms with Crippen LogP contribution in [0.1, 0.15) is 6.92 Å². The summed E-state index contributed by atoms with van der Waals surface area (Å²) in [7, 11) is -2.73. The first-order chi connectivity index (χ1) is 4.54. The second-order valence-corrected chi connectivity index (χ2v) is 3.14. The zero-order valence-electron chi connectivity index (χ0n) is 5.75. The molecule has 0 aliphatic rings. The minimum atomic E-state index is -3.87. The Labute approximate surface area is 59.4 Å².